The summed E-state index contributed by atoms with van der Waals surface area (Å²) in [5.41, 5.74) is -2.09. The zero-order valence-corrected chi connectivity index (χ0v) is 17.6. The van der Waals surface area contributed by atoms with Crippen molar-refractivity contribution >= 4 is 15.9 Å². The van der Waals surface area contributed by atoms with E-state index in [9.17, 15) is 17.8 Å². The molecular weight excluding hydrogens is 327 g/mol. The average molecular weight is 358 g/mol. The van der Waals surface area contributed by atoms with Gasteiger partial charge in [-0.3, -0.25) is 4.79 Å². The van der Waals surface area contributed by atoms with Crippen LogP contribution >= 0.6 is 0 Å². The van der Waals surface area contributed by atoms with Crippen LogP contribution in [0.1, 0.15) is 90.4 Å². The summed E-state index contributed by atoms with van der Waals surface area (Å²) in [6, 6.07) is 0. The van der Waals surface area contributed by atoms with Gasteiger partial charge in [-0.1, -0.05) is 71.1 Å². The van der Waals surface area contributed by atoms with Crippen LogP contribution in [0.5, 0.6) is 0 Å². The molecule has 0 fully saturated rings. The van der Waals surface area contributed by atoms with Crippen LogP contribution in [-0.4, -0.2) is 29.3 Å². The molecule has 0 heterocycles. The molecule has 0 radical (unpaired) electrons. The van der Waals surface area contributed by atoms with E-state index in [1.165, 1.54) is 51.4 Å². The van der Waals surface area contributed by atoms with E-state index in [1.807, 2.05) is 0 Å². The zero-order chi connectivity index (χ0) is 16.8. The SMILES string of the molecule is CCCCCCCCCCCCCC(=O)CC(O)S(=O)(=O)[O-].[Na+]. The van der Waals surface area contributed by atoms with Gasteiger partial charge in [0.25, 0.3) is 0 Å². The largest absolute Gasteiger partial charge is 1.00 e. The van der Waals surface area contributed by atoms with Crippen LogP contribution in [0.4, 0.5) is 0 Å². The molecular formula is C16H31NaO5S. The number of aliphatic hydroxyl groups is 1. The smallest absolute Gasteiger partial charge is 0.746 e. The van der Waals surface area contributed by atoms with Gasteiger partial charge in [0.1, 0.15) is 21.3 Å². The van der Waals surface area contributed by atoms with E-state index in [2.05, 4.69) is 6.92 Å². The number of rotatable bonds is 15. The monoisotopic (exact) mass is 358 g/mol. The van der Waals surface area contributed by atoms with Crippen LogP contribution < -0.4 is 29.6 Å². The third-order valence-corrected chi connectivity index (χ3v) is 4.63. The molecule has 0 saturated heterocycles. The summed E-state index contributed by atoms with van der Waals surface area (Å²) < 4.78 is 31.4. The van der Waals surface area contributed by atoms with E-state index in [-0.39, 0.29) is 41.8 Å². The number of hydrogen-bond donors (Lipinski definition) is 1. The van der Waals surface area contributed by atoms with Crippen molar-refractivity contribution in [3.8, 4) is 0 Å². The standard InChI is InChI=1S/C16H32O5S.Na/c1-2-3-4-5-6-7-8-9-10-11-12-13-15(17)14-16(18)22(19,20)21;/h16,18H,2-14H2,1H3,(H,19,20,21);/q;+1/p-1. The Balaban J connectivity index is 0. The summed E-state index contributed by atoms with van der Waals surface area (Å²) in [7, 11) is -4.77. The molecule has 0 aromatic heterocycles. The Morgan fingerprint density at radius 2 is 1.30 bits per heavy atom. The number of unbranched alkanes of at least 4 members (excludes halogenated alkanes) is 10. The Hall–Kier alpha value is 0.540. The summed E-state index contributed by atoms with van der Waals surface area (Å²) in [4.78, 5) is 11.4. The topological polar surface area (TPSA) is 94.5 Å². The Bertz CT molecular complexity index is 384. The van der Waals surface area contributed by atoms with Crippen molar-refractivity contribution < 1.29 is 52.4 Å². The predicted octanol–water partition coefficient (Wildman–Crippen LogP) is 0.514. The van der Waals surface area contributed by atoms with Gasteiger partial charge in [0.15, 0.2) is 0 Å². The number of carbonyl (C=O) groups is 1. The van der Waals surface area contributed by atoms with Gasteiger partial charge < -0.3 is 9.66 Å². The van der Waals surface area contributed by atoms with Crippen molar-refractivity contribution in [1.82, 2.24) is 0 Å². The fraction of sp³-hybridized carbons (Fsp3) is 0.938. The molecule has 5 nitrogen and oxygen atoms in total. The summed E-state index contributed by atoms with van der Waals surface area (Å²) in [5, 5.41) is 9.01. The van der Waals surface area contributed by atoms with Gasteiger partial charge >= 0.3 is 29.6 Å². The van der Waals surface area contributed by atoms with Crippen molar-refractivity contribution in [1.29, 1.82) is 0 Å². The Morgan fingerprint density at radius 1 is 0.913 bits per heavy atom. The molecule has 0 aromatic carbocycles. The fourth-order valence-electron chi connectivity index (χ4n) is 2.39. The zero-order valence-electron chi connectivity index (χ0n) is 14.8. The minimum Gasteiger partial charge on any atom is -0.746 e. The van der Waals surface area contributed by atoms with Gasteiger partial charge in [0.05, 0.1) is 0 Å². The molecule has 0 bridgehead atoms. The summed E-state index contributed by atoms with van der Waals surface area (Å²) >= 11 is 0. The number of ketones is 1. The van der Waals surface area contributed by atoms with Crippen molar-refractivity contribution in [3.63, 3.8) is 0 Å². The molecule has 0 aliphatic heterocycles. The quantitative estimate of drug-likeness (QED) is 0.262. The maximum Gasteiger partial charge on any atom is 1.00 e. The molecule has 0 aliphatic rings. The van der Waals surface area contributed by atoms with Gasteiger partial charge in [0, 0.05) is 12.8 Å². The van der Waals surface area contributed by atoms with E-state index in [4.69, 9.17) is 5.11 Å². The fourth-order valence-corrected chi connectivity index (χ4v) is 2.78. The van der Waals surface area contributed by atoms with Crippen LogP contribution in [0.25, 0.3) is 0 Å². The average Bonchev–Trinajstić information content (AvgIpc) is 2.43. The first-order valence-electron chi connectivity index (χ1n) is 8.52. The molecule has 1 atom stereocenters. The second-order valence-electron chi connectivity index (χ2n) is 5.98. The normalized spacial score (nSPS) is 12.7. The number of Topliss-reactive ketones (excluding diaryl/α,β-unsaturated/α-hetero) is 1. The first-order chi connectivity index (χ1) is 10.4. The molecule has 0 saturated carbocycles. The van der Waals surface area contributed by atoms with E-state index >= 15 is 0 Å². The third-order valence-electron chi connectivity index (χ3n) is 3.79. The number of aliphatic hydroxyl groups excluding tert-OH is 1. The van der Waals surface area contributed by atoms with Crippen LogP contribution in [-0.2, 0) is 14.9 Å². The summed E-state index contributed by atoms with van der Waals surface area (Å²) in [6.45, 7) is 2.21. The molecule has 1 unspecified atom stereocenters. The van der Waals surface area contributed by atoms with Gasteiger partial charge in [-0.15, -0.1) is 0 Å². The van der Waals surface area contributed by atoms with Crippen molar-refractivity contribution in [2.75, 3.05) is 0 Å². The van der Waals surface area contributed by atoms with Gasteiger partial charge in [-0.05, 0) is 6.42 Å². The minimum absolute atomic E-state index is 0. The summed E-state index contributed by atoms with van der Waals surface area (Å²) in [5.74, 6) is -0.358. The first kappa shape index (κ1) is 25.8. The predicted molar refractivity (Wildman–Crippen MR) is 86.4 cm³/mol. The number of hydrogen-bond acceptors (Lipinski definition) is 5. The molecule has 0 amide bonds. The summed E-state index contributed by atoms with van der Waals surface area (Å²) in [6.07, 6.45) is 12.6. The molecule has 23 heavy (non-hydrogen) atoms. The van der Waals surface area contributed by atoms with Crippen LogP contribution in [0.3, 0.4) is 0 Å². The van der Waals surface area contributed by atoms with E-state index in [1.54, 1.807) is 0 Å². The number of carbonyl (C=O) groups excluding carboxylic acids is 1. The molecule has 0 rings (SSSR count). The molecule has 132 valence electrons. The second kappa shape index (κ2) is 16.0. The Labute approximate surface area is 163 Å². The maximum atomic E-state index is 11.4. The van der Waals surface area contributed by atoms with Gasteiger partial charge in [-0.2, -0.15) is 0 Å². The van der Waals surface area contributed by atoms with Crippen molar-refractivity contribution in [2.45, 2.75) is 95.8 Å². The first-order valence-corrected chi connectivity index (χ1v) is 9.99. The van der Waals surface area contributed by atoms with E-state index in [0.717, 1.165) is 12.8 Å². The van der Waals surface area contributed by atoms with Gasteiger partial charge in [-0.25, -0.2) is 8.42 Å². The molecule has 0 aliphatic carbocycles. The maximum absolute atomic E-state index is 11.4. The van der Waals surface area contributed by atoms with Crippen molar-refractivity contribution in [3.05, 3.63) is 0 Å². The molecule has 1 N–H and O–H groups in total. The molecule has 0 aromatic rings. The van der Waals surface area contributed by atoms with Crippen LogP contribution in [0.2, 0.25) is 0 Å². The minimum atomic E-state index is -4.77. The second-order valence-corrected chi connectivity index (χ2v) is 7.51. The Morgan fingerprint density at radius 3 is 1.70 bits per heavy atom. The van der Waals surface area contributed by atoms with Gasteiger partial charge in [0.2, 0.25) is 0 Å². The molecule has 0 spiro atoms. The van der Waals surface area contributed by atoms with Crippen LogP contribution in [0, 0.1) is 0 Å². The van der Waals surface area contributed by atoms with E-state index in [0.29, 0.717) is 6.42 Å². The van der Waals surface area contributed by atoms with Crippen molar-refractivity contribution in [2.24, 2.45) is 0 Å². The Kier molecular flexibility index (Phi) is 18.0. The third kappa shape index (κ3) is 17.2. The molecule has 7 heteroatoms. The van der Waals surface area contributed by atoms with Crippen LogP contribution in [0.15, 0.2) is 0 Å². The van der Waals surface area contributed by atoms with E-state index < -0.39 is 22.0 Å².